The second kappa shape index (κ2) is 71.6. The van der Waals surface area contributed by atoms with Crippen LogP contribution >= 0.6 is 0 Å². The zero-order valence-electron chi connectivity index (χ0n) is 56.1. The fourth-order valence-corrected chi connectivity index (χ4v) is 11.9. The van der Waals surface area contributed by atoms with Crippen LogP contribution in [0.5, 0.6) is 0 Å². The lowest BCUT2D eigenvalue weighted by Crippen LogP contribution is -2.30. The first kappa shape index (κ1) is 80.2. The van der Waals surface area contributed by atoms with Gasteiger partial charge in [-0.2, -0.15) is 0 Å². The van der Waals surface area contributed by atoms with Gasteiger partial charge in [0.1, 0.15) is 13.2 Å². The highest BCUT2D eigenvalue weighted by Crippen LogP contribution is 2.20. The Morgan fingerprint density at radius 2 is 0.402 bits per heavy atom. The SMILES string of the molecule is CCCCCCCCCC/C=C\CCCCCCCCCCCCCCCCCCCCCCCCCC(=O)OCC(COC(=O)CCCCCCCCC)OC(=O)CCCCCCCCCCCCCCCCCCCCCCCC. The summed E-state index contributed by atoms with van der Waals surface area (Å²) in [5.74, 6) is -0.834. The van der Waals surface area contributed by atoms with Crippen LogP contribution in [-0.2, 0) is 28.6 Å². The first-order valence-electron chi connectivity index (χ1n) is 37.7. The molecule has 0 N–H and O–H groups in total. The van der Waals surface area contributed by atoms with Crippen molar-refractivity contribution < 1.29 is 28.6 Å². The fraction of sp³-hybridized carbons (Fsp3) is 0.934. The number of unbranched alkanes of at least 4 members (excludes halogenated alkanes) is 58. The zero-order valence-corrected chi connectivity index (χ0v) is 56.1. The third kappa shape index (κ3) is 68.9. The third-order valence-corrected chi connectivity index (χ3v) is 17.5. The quantitative estimate of drug-likeness (QED) is 0.0261. The van der Waals surface area contributed by atoms with Crippen molar-refractivity contribution in [1.82, 2.24) is 0 Å². The summed E-state index contributed by atoms with van der Waals surface area (Å²) in [5.41, 5.74) is 0. The van der Waals surface area contributed by atoms with Gasteiger partial charge in [0.25, 0.3) is 0 Å². The average Bonchev–Trinajstić information content (AvgIpc) is 3.48. The van der Waals surface area contributed by atoms with E-state index in [1.54, 1.807) is 0 Å². The number of rotatable bonds is 71. The minimum absolute atomic E-state index is 0.0623. The molecule has 0 heterocycles. The Morgan fingerprint density at radius 3 is 0.610 bits per heavy atom. The highest BCUT2D eigenvalue weighted by molar-refractivity contribution is 5.71. The smallest absolute Gasteiger partial charge is 0.306 e. The number of ether oxygens (including phenoxy) is 3. The number of hydrogen-bond acceptors (Lipinski definition) is 6. The van der Waals surface area contributed by atoms with Gasteiger partial charge in [-0.3, -0.25) is 14.4 Å². The van der Waals surface area contributed by atoms with E-state index in [0.717, 1.165) is 57.8 Å². The summed E-state index contributed by atoms with van der Waals surface area (Å²) in [6.45, 7) is 6.69. The first-order valence-corrected chi connectivity index (χ1v) is 37.7. The Balaban J connectivity index is 3.91. The van der Waals surface area contributed by atoms with Crippen molar-refractivity contribution in [2.75, 3.05) is 13.2 Å². The van der Waals surface area contributed by atoms with Crippen LogP contribution in [0.3, 0.4) is 0 Å². The molecule has 0 aliphatic carbocycles. The van der Waals surface area contributed by atoms with E-state index in [9.17, 15) is 14.4 Å². The van der Waals surface area contributed by atoms with E-state index in [-0.39, 0.29) is 31.1 Å². The van der Waals surface area contributed by atoms with Crippen LogP contribution in [0.15, 0.2) is 12.2 Å². The molecule has 1 unspecified atom stereocenters. The van der Waals surface area contributed by atoms with Gasteiger partial charge in [0.2, 0.25) is 0 Å². The summed E-state index contributed by atoms with van der Waals surface area (Å²) in [4.78, 5) is 38.2. The molecule has 6 nitrogen and oxygen atoms in total. The summed E-state index contributed by atoms with van der Waals surface area (Å²) in [5, 5.41) is 0. The molecule has 0 aliphatic heterocycles. The van der Waals surface area contributed by atoms with E-state index in [1.165, 1.54) is 340 Å². The Bertz CT molecular complexity index is 1280. The molecule has 6 heteroatoms. The van der Waals surface area contributed by atoms with Gasteiger partial charge in [-0.05, 0) is 44.9 Å². The summed E-state index contributed by atoms with van der Waals surface area (Å²) >= 11 is 0. The third-order valence-electron chi connectivity index (χ3n) is 17.5. The number of carbonyl (C=O) groups excluding carboxylic acids is 3. The molecule has 0 saturated carbocycles. The Morgan fingerprint density at radius 1 is 0.232 bits per heavy atom. The van der Waals surface area contributed by atoms with Gasteiger partial charge in [-0.1, -0.05) is 386 Å². The number of carbonyl (C=O) groups is 3. The second-order valence-corrected chi connectivity index (χ2v) is 25.9. The molecule has 0 radical (unpaired) electrons. The van der Waals surface area contributed by atoms with Gasteiger partial charge in [0, 0.05) is 19.3 Å². The summed E-state index contributed by atoms with van der Waals surface area (Å²) in [7, 11) is 0. The first-order chi connectivity index (χ1) is 40.5. The molecular weight excluding hydrogens is 1010 g/mol. The van der Waals surface area contributed by atoms with Gasteiger partial charge in [-0.15, -0.1) is 0 Å². The summed E-state index contributed by atoms with van der Waals surface area (Å²) in [6, 6.07) is 0. The molecule has 0 aromatic carbocycles. The van der Waals surface area contributed by atoms with Crippen LogP contribution in [0.4, 0.5) is 0 Å². The van der Waals surface area contributed by atoms with Gasteiger partial charge in [0.05, 0.1) is 0 Å². The van der Waals surface area contributed by atoms with Gasteiger partial charge >= 0.3 is 17.9 Å². The van der Waals surface area contributed by atoms with Gasteiger partial charge < -0.3 is 14.2 Å². The predicted octanol–water partition coefficient (Wildman–Crippen LogP) is 26.0. The van der Waals surface area contributed by atoms with Crippen LogP contribution in [0, 0.1) is 0 Å². The molecule has 82 heavy (non-hydrogen) atoms. The number of allylic oxidation sites excluding steroid dienone is 2. The second-order valence-electron chi connectivity index (χ2n) is 25.9. The molecule has 0 amide bonds. The minimum atomic E-state index is -0.763. The van der Waals surface area contributed by atoms with Crippen LogP contribution in [-0.4, -0.2) is 37.2 Å². The monoisotopic (exact) mass is 1160 g/mol. The lowest BCUT2D eigenvalue weighted by molar-refractivity contribution is -0.167. The highest BCUT2D eigenvalue weighted by atomic mass is 16.6. The molecule has 0 aromatic heterocycles. The van der Waals surface area contributed by atoms with Crippen molar-refractivity contribution in [2.24, 2.45) is 0 Å². The fourth-order valence-electron chi connectivity index (χ4n) is 11.9. The van der Waals surface area contributed by atoms with E-state index in [0.29, 0.717) is 19.3 Å². The largest absolute Gasteiger partial charge is 0.462 e. The Kier molecular flexibility index (Phi) is 70.0. The van der Waals surface area contributed by atoms with Crippen LogP contribution in [0.2, 0.25) is 0 Å². The van der Waals surface area contributed by atoms with E-state index < -0.39 is 6.10 Å². The highest BCUT2D eigenvalue weighted by Gasteiger charge is 2.20. The molecule has 0 aliphatic rings. The molecule has 0 rings (SSSR count). The maximum atomic E-state index is 12.9. The maximum absolute atomic E-state index is 12.9. The Labute approximate surface area is 513 Å². The lowest BCUT2D eigenvalue weighted by Gasteiger charge is -2.18. The van der Waals surface area contributed by atoms with Crippen LogP contribution < -0.4 is 0 Å². The normalized spacial score (nSPS) is 12.0. The Hall–Kier alpha value is -1.85. The summed E-state index contributed by atoms with van der Waals surface area (Å²) < 4.78 is 16.9. The van der Waals surface area contributed by atoms with E-state index in [4.69, 9.17) is 14.2 Å². The molecule has 486 valence electrons. The average molecular weight is 1160 g/mol. The lowest BCUT2D eigenvalue weighted by atomic mass is 10.0. The van der Waals surface area contributed by atoms with Crippen molar-refractivity contribution in [2.45, 2.75) is 444 Å². The summed E-state index contributed by atoms with van der Waals surface area (Å²) in [6.07, 6.45) is 87.4. The standard InChI is InChI=1S/C76H146O6/c1-4-7-10-13-16-18-20-22-24-26-28-30-32-33-34-35-36-37-38-39-40-41-42-43-44-46-47-49-51-53-55-57-60-63-66-69-75(78)81-72-73(71-80-74(77)68-65-62-59-15-12-9-6-3)82-76(79)70-67-64-61-58-56-54-52-50-48-45-31-29-27-25-23-21-19-17-14-11-8-5-2/h26,28,73H,4-25,27,29-72H2,1-3H3/b28-26-. The molecule has 0 fully saturated rings. The minimum Gasteiger partial charge on any atom is -0.462 e. The van der Waals surface area contributed by atoms with Crippen molar-refractivity contribution in [3.8, 4) is 0 Å². The van der Waals surface area contributed by atoms with Crippen LogP contribution in [0.25, 0.3) is 0 Å². The van der Waals surface area contributed by atoms with E-state index in [1.807, 2.05) is 0 Å². The van der Waals surface area contributed by atoms with Crippen molar-refractivity contribution in [3.05, 3.63) is 12.2 Å². The molecule has 0 aromatic rings. The molecule has 0 saturated heterocycles. The van der Waals surface area contributed by atoms with E-state index in [2.05, 4.69) is 32.9 Å². The number of hydrogen-bond donors (Lipinski definition) is 0. The topological polar surface area (TPSA) is 78.9 Å². The van der Waals surface area contributed by atoms with Gasteiger partial charge in [-0.25, -0.2) is 0 Å². The molecular formula is C76H146O6. The van der Waals surface area contributed by atoms with Crippen LogP contribution in [0.1, 0.15) is 438 Å². The number of esters is 3. The predicted molar refractivity (Wildman–Crippen MR) is 358 cm³/mol. The van der Waals surface area contributed by atoms with E-state index >= 15 is 0 Å². The van der Waals surface area contributed by atoms with Crippen molar-refractivity contribution >= 4 is 17.9 Å². The zero-order chi connectivity index (χ0) is 59.2. The van der Waals surface area contributed by atoms with Crippen molar-refractivity contribution in [1.29, 1.82) is 0 Å². The van der Waals surface area contributed by atoms with Gasteiger partial charge in [0.15, 0.2) is 6.10 Å². The maximum Gasteiger partial charge on any atom is 0.306 e. The molecule has 0 bridgehead atoms. The molecule has 0 spiro atoms. The molecule has 1 atom stereocenters. The van der Waals surface area contributed by atoms with Crippen molar-refractivity contribution in [3.63, 3.8) is 0 Å².